The van der Waals surface area contributed by atoms with Gasteiger partial charge in [0.2, 0.25) is 0 Å². The van der Waals surface area contributed by atoms with Crippen molar-refractivity contribution in [1.29, 1.82) is 0 Å². The average Bonchev–Trinajstić information content (AvgIpc) is 3.23. The van der Waals surface area contributed by atoms with Gasteiger partial charge in [-0.2, -0.15) is 0 Å². The summed E-state index contributed by atoms with van der Waals surface area (Å²) in [6.07, 6.45) is 3.75. The van der Waals surface area contributed by atoms with Gasteiger partial charge in [-0.05, 0) is 37.9 Å². The Morgan fingerprint density at radius 3 is 2.83 bits per heavy atom. The van der Waals surface area contributed by atoms with Crippen LogP contribution in [0.15, 0.2) is 48.8 Å². The van der Waals surface area contributed by atoms with Crippen molar-refractivity contribution in [2.45, 2.75) is 0 Å². The standard InChI is InChI=1S/C22H28N6OS/c1-27(2)9-8-23-18-5-3-4-17(14-18)20-16-25-22(30-20)26-21-15-19(6-7-24-21)28-10-12-29-13-11-28/h3-7,14-16,23H,8-13H2,1-2H3,(H,24,25,26). The number of pyridine rings is 1. The van der Waals surface area contributed by atoms with E-state index in [4.69, 9.17) is 4.74 Å². The van der Waals surface area contributed by atoms with Gasteiger partial charge in [-0.3, -0.25) is 0 Å². The molecule has 1 fully saturated rings. The molecule has 1 aliphatic rings. The second-order valence-electron chi connectivity index (χ2n) is 7.46. The summed E-state index contributed by atoms with van der Waals surface area (Å²) in [5, 5.41) is 7.66. The average molecular weight is 425 g/mol. The Labute approximate surface area is 181 Å². The molecular weight excluding hydrogens is 396 g/mol. The van der Waals surface area contributed by atoms with E-state index in [0.717, 1.165) is 72.2 Å². The highest BCUT2D eigenvalue weighted by molar-refractivity contribution is 7.18. The van der Waals surface area contributed by atoms with Crippen LogP contribution in [-0.4, -0.2) is 68.4 Å². The van der Waals surface area contributed by atoms with Crippen LogP contribution in [0.2, 0.25) is 0 Å². The number of likely N-dealkylation sites (N-methyl/N-ethyl adjacent to an activating group) is 1. The smallest absolute Gasteiger partial charge is 0.188 e. The van der Waals surface area contributed by atoms with E-state index in [-0.39, 0.29) is 0 Å². The van der Waals surface area contributed by atoms with E-state index in [0.29, 0.717) is 0 Å². The Balaban J connectivity index is 1.42. The molecule has 1 aliphatic heterocycles. The molecule has 2 aromatic heterocycles. The molecule has 0 bridgehead atoms. The maximum atomic E-state index is 5.44. The molecule has 0 spiro atoms. The van der Waals surface area contributed by atoms with Gasteiger partial charge in [0.1, 0.15) is 5.82 Å². The van der Waals surface area contributed by atoms with Crippen LogP contribution < -0.4 is 15.5 Å². The number of morpholine rings is 1. The summed E-state index contributed by atoms with van der Waals surface area (Å²) in [7, 11) is 4.16. The molecule has 30 heavy (non-hydrogen) atoms. The number of hydrogen-bond donors (Lipinski definition) is 2. The Hall–Kier alpha value is -2.68. The number of ether oxygens (including phenoxy) is 1. The number of benzene rings is 1. The molecule has 8 heteroatoms. The third-order valence-corrected chi connectivity index (χ3v) is 5.86. The van der Waals surface area contributed by atoms with Gasteiger partial charge in [-0.1, -0.05) is 23.5 Å². The third kappa shape index (κ3) is 5.47. The van der Waals surface area contributed by atoms with Crippen LogP contribution in [-0.2, 0) is 4.74 Å². The maximum Gasteiger partial charge on any atom is 0.188 e. The molecule has 158 valence electrons. The molecule has 0 amide bonds. The molecule has 1 saturated heterocycles. The van der Waals surface area contributed by atoms with Gasteiger partial charge in [0.05, 0.1) is 18.1 Å². The largest absolute Gasteiger partial charge is 0.384 e. The molecule has 0 saturated carbocycles. The number of aromatic nitrogens is 2. The second kappa shape index (κ2) is 9.88. The first-order chi connectivity index (χ1) is 14.7. The number of rotatable bonds is 8. The van der Waals surface area contributed by atoms with E-state index >= 15 is 0 Å². The van der Waals surface area contributed by atoms with E-state index in [1.807, 2.05) is 18.5 Å². The van der Waals surface area contributed by atoms with Crippen LogP contribution in [0.1, 0.15) is 0 Å². The highest BCUT2D eigenvalue weighted by Crippen LogP contribution is 2.32. The van der Waals surface area contributed by atoms with E-state index in [1.165, 1.54) is 0 Å². The van der Waals surface area contributed by atoms with Crippen LogP contribution in [0.4, 0.5) is 22.3 Å². The normalized spacial score (nSPS) is 14.2. The zero-order valence-corrected chi connectivity index (χ0v) is 18.3. The number of anilines is 4. The molecule has 3 heterocycles. The molecule has 0 atom stereocenters. The molecule has 0 aliphatic carbocycles. The third-order valence-electron chi connectivity index (χ3n) is 4.90. The highest BCUT2D eigenvalue weighted by Gasteiger charge is 2.12. The summed E-state index contributed by atoms with van der Waals surface area (Å²) in [5.74, 6) is 0.805. The fourth-order valence-electron chi connectivity index (χ4n) is 3.29. The summed E-state index contributed by atoms with van der Waals surface area (Å²) < 4.78 is 5.44. The van der Waals surface area contributed by atoms with Crippen molar-refractivity contribution in [1.82, 2.24) is 14.9 Å². The minimum absolute atomic E-state index is 0.768. The SMILES string of the molecule is CN(C)CCNc1cccc(-c2cnc(Nc3cc(N4CCOCC4)ccn3)s2)c1. The Morgan fingerprint density at radius 1 is 1.13 bits per heavy atom. The van der Waals surface area contributed by atoms with Crippen molar-refractivity contribution in [3.05, 3.63) is 48.8 Å². The lowest BCUT2D eigenvalue weighted by Gasteiger charge is -2.28. The number of thiazole rings is 1. The van der Waals surface area contributed by atoms with Gasteiger partial charge in [0.25, 0.3) is 0 Å². The Bertz CT molecular complexity index is 954. The van der Waals surface area contributed by atoms with Crippen molar-refractivity contribution in [2.75, 3.05) is 69.0 Å². The molecular formula is C22H28N6OS. The van der Waals surface area contributed by atoms with Gasteiger partial charge in [-0.15, -0.1) is 0 Å². The quantitative estimate of drug-likeness (QED) is 0.571. The van der Waals surface area contributed by atoms with E-state index in [2.05, 4.69) is 74.8 Å². The lowest BCUT2D eigenvalue weighted by molar-refractivity contribution is 0.122. The highest BCUT2D eigenvalue weighted by atomic mass is 32.1. The summed E-state index contributed by atoms with van der Waals surface area (Å²) in [4.78, 5) is 14.6. The molecule has 0 unspecified atom stereocenters. The fourth-order valence-corrected chi connectivity index (χ4v) is 4.11. The molecule has 4 rings (SSSR count). The summed E-state index contributed by atoms with van der Waals surface area (Å²) in [5.41, 5.74) is 3.44. The first-order valence-electron chi connectivity index (χ1n) is 10.2. The van der Waals surface area contributed by atoms with E-state index < -0.39 is 0 Å². The molecule has 1 aromatic carbocycles. The zero-order valence-electron chi connectivity index (χ0n) is 17.5. The Morgan fingerprint density at radius 2 is 2.00 bits per heavy atom. The van der Waals surface area contributed by atoms with Crippen molar-refractivity contribution < 1.29 is 4.74 Å². The fraction of sp³-hybridized carbons (Fsp3) is 0.364. The summed E-state index contributed by atoms with van der Waals surface area (Å²) in [6, 6.07) is 12.6. The molecule has 3 aromatic rings. The van der Waals surface area contributed by atoms with E-state index in [9.17, 15) is 0 Å². The van der Waals surface area contributed by atoms with Gasteiger partial charge < -0.3 is 25.2 Å². The number of nitrogens with zero attached hydrogens (tertiary/aromatic N) is 4. The first-order valence-corrected chi connectivity index (χ1v) is 11.0. The van der Waals surface area contributed by atoms with Crippen LogP contribution in [0.5, 0.6) is 0 Å². The lowest BCUT2D eigenvalue weighted by atomic mass is 10.2. The maximum absolute atomic E-state index is 5.44. The zero-order chi connectivity index (χ0) is 20.8. The number of hydrogen-bond acceptors (Lipinski definition) is 8. The van der Waals surface area contributed by atoms with Crippen molar-refractivity contribution in [3.8, 4) is 10.4 Å². The number of nitrogens with one attached hydrogen (secondary N) is 2. The van der Waals surface area contributed by atoms with Gasteiger partial charge in [-0.25, -0.2) is 9.97 Å². The topological polar surface area (TPSA) is 65.5 Å². The predicted molar refractivity (Wildman–Crippen MR) is 125 cm³/mol. The first kappa shape index (κ1) is 20.6. The molecule has 2 N–H and O–H groups in total. The van der Waals surface area contributed by atoms with Crippen molar-refractivity contribution in [2.24, 2.45) is 0 Å². The summed E-state index contributed by atoms with van der Waals surface area (Å²) in [6.45, 7) is 5.26. The molecule has 7 nitrogen and oxygen atoms in total. The van der Waals surface area contributed by atoms with Gasteiger partial charge in [0.15, 0.2) is 5.13 Å². The molecule has 0 radical (unpaired) electrons. The minimum Gasteiger partial charge on any atom is -0.384 e. The van der Waals surface area contributed by atoms with Crippen molar-refractivity contribution in [3.63, 3.8) is 0 Å². The van der Waals surface area contributed by atoms with Crippen LogP contribution >= 0.6 is 11.3 Å². The van der Waals surface area contributed by atoms with Crippen LogP contribution in [0, 0.1) is 0 Å². The van der Waals surface area contributed by atoms with Crippen molar-refractivity contribution >= 4 is 33.7 Å². The van der Waals surface area contributed by atoms with Gasteiger partial charge >= 0.3 is 0 Å². The van der Waals surface area contributed by atoms with Crippen LogP contribution in [0.3, 0.4) is 0 Å². The second-order valence-corrected chi connectivity index (χ2v) is 8.49. The minimum atomic E-state index is 0.768. The lowest BCUT2D eigenvalue weighted by Crippen LogP contribution is -2.36. The van der Waals surface area contributed by atoms with E-state index in [1.54, 1.807) is 11.3 Å². The van der Waals surface area contributed by atoms with Gasteiger partial charge in [0, 0.05) is 56.0 Å². The predicted octanol–water partition coefficient (Wildman–Crippen LogP) is 3.76. The van der Waals surface area contributed by atoms with Crippen LogP contribution in [0.25, 0.3) is 10.4 Å². The monoisotopic (exact) mass is 424 g/mol. The Kier molecular flexibility index (Phi) is 6.78. The summed E-state index contributed by atoms with van der Waals surface area (Å²) >= 11 is 1.63.